The van der Waals surface area contributed by atoms with E-state index in [4.69, 9.17) is 9.47 Å². The van der Waals surface area contributed by atoms with Crippen LogP contribution in [0.5, 0.6) is 11.5 Å². The van der Waals surface area contributed by atoms with Gasteiger partial charge in [0.25, 0.3) is 0 Å². The van der Waals surface area contributed by atoms with Crippen molar-refractivity contribution in [3.8, 4) is 11.5 Å². The molecule has 3 heterocycles. The lowest BCUT2D eigenvalue weighted by Gasteiger charge is -2.23. The Bertz CT molecular complexity index is 643. The highest BCUT2D eigenvalue weighted by atomic mass is 16.5. The van der Waals surface area contributed by atoms with E-state index in [1.54, 1.807) is 6.20 Å². The van der Waals surface area contributed by atoms with Gasteiger partial charge in [-0.25, -0.2) is 9.97 Å². The smallest absolute Gasteiger partial charge is 0.172 e. The molecule has 0 saturated heterocycles. The molecule has 4 heteroatoms. The van der Waals surface area contributed by atoms with Gasteiger partial charge in [-0.15, -0.1) is 0 Å². The zero-order valence-corrected chi connectivity index (χ0v) is 9.33. The Kier molecular flexibility index (Phi) is 1.80. The van der Waals surface area contributed by atoms with E-state index in [2.05, 4.69) is 9.97 Å². The highest BCUT2D eigenvalue weighted by molar-refractivity contribution is 5.72. The lowest BCUT2D eigenvalue weighted by Crippen LogP contribution is -2.14. The summed E-state index contributed by atoms with van der Waals surface area (Å²) in [7, 11) is 0. The van der Waals surface area contributed by atoms with Gasteiger partial charge in [-0.2, -0.15) is 0 Å². The van der Waals surface area contributed by atoms with Gasteiger partial charge in [-0.3, -0.25) is 0 Å². The lowest BCUT2D eigenvalue weighted by atomic mass is 10.1. The van der Waals surface area contributed by atoms with Crippen molar-refractivity contribution < 1.29 is 9.47 Å². The Hall–Kier alpha value is -2.62. The summed E-state index contributed by atoms with van der Waals surface area (Å²) in [5, 5.41) is 0. The van der Waals surface area contributed by atoms with Crippen LogP contribution in [0.2, 0.25) is 0 Å². The molecule has 0 saturated carbocycles. The molecular weight excluding hydrogens is 228 g/mol. The van der Waals surface area contributed by atoms with Gasteiger partial charge in [0.05, 0.1) is 6.20 Å². The Morgan fingerprint density at radius 3 is 2.72 bits per heavy atom. The van der Waals surface area contributed by atoms with Gasteiger partial charge in [0.1, 0.15) is 17.8 Å². The first-order valence-corrected chi connectivity index (χ1v) is 5.59. The van der Waals surface area contributed by atoms with Gasteiger partial charge in [0, 0.05) is 11.6 Å². The summed E-state index contributed by atoms with van der Waals surface area (Å²) >= 11 is 0. The molecule has 0 spiro atoms. The molecule has 0 unspecified atom stereocenters. The fraction of sp³-hybridized carbons (Fsp3) is 0. The van der Waals surface area contributed by atoms with Gasteiger partial charge < -0.3 is 9.47 Å². The van der Waals surface area contributed by atoms with Crippen LogP contribution >= 0.6 is 0 Å². The van der Waals surface area contributed by atoms with E-state index in [9.17, 15) is 0 Å². The average molecular weight is 236 g/mol. The van der Waals surface area contributed by atoms with Crippen molar-refractivity contribution in [2.45, 2.75) is 0 Å². The van der Waals surface area contributed by atoms with E-state index in [-0.39, 0.29) is 0 Å². The Morgan fingerprint density at radius 2 is 1.72 bits per heavy atom. The van der Waals surface area contributed by atoms with Crippen LogP contribution in [0.25, 0.3) is 12.2 Å². The minimum absolute atomic E-state index is 0.649. The fourth-order valence-electron chi connectivity index (χ4n) is 2.01. The number of ether oxygens (including phenoxy) is 2. The molecule has 0 aliphatic carbocycles. The van der Waals surface area contributed by atoms with Gasteiger partial charge in [-0.1, -0.05) is 18.2 Å². The minimum Gasteiger partial charge on any atom is -0.453 e. The third-order valence-electron chi connectivity index (χ3n) is 2.86. The van der Waals surface area contributed by atoms with Crippen molar-refractivity contribution in [3.63, 3.8) is 0 Å². The lowest BCUT2D eigenvalue weighted by molar-refractivity contribution is 0.339. The first-order chi connectivity index (χ1) is 8.90. The van der Waals surface area contributed by atoms with Gasteiger partial charge in [0.2, 0.25) is 0 Å². The zero-order chi connectivity index (χ0) is 11.9. The maximum atomic E-state index is 5.80. The quantitative estimate of drug-likeness (QED) is 0.705. The number of benzene rings is 1. The summed E-state index contributed by atoms with van der Waals surface area (Å²) in [5.41, 5.74) is 1.74. The molecule has 0 atom stereocenters. The Balaban J connectivity index is 1.88. The molecule has 2 aliphatic heterocycles. The number of hydrogen-bond acceptors (Lipinski definition) is 4. The van der Waals surface area contributed by atoms with Crippen LogP contribution in [0.1, 0.15) is 11.3 Å². The molecule has 18 heavy (non-hydrogen) atoms. The molecule has 0 radical (unpaired) electrons. The third kappa shape index (κ3) is 1.32. The predicted molar refractivity (Wildman–Crippen MR) is 65.7 cm³/mol. The molecule has 4 nitrogen and oxygen atoms in total. The average Bonchev–Trinajstić information content (AvgIpc) is 2.42. The third-order valence-corrected chi connectivity index (χ3v) is 2.86. The van der Waals surface area contributed by atoms with Crippen LogP contribution in [0.4, 0.5) is 0 Å². The largest absolute Gasteiger partial charge is 0.453 e. The maximum Gasteiger partial charge on any atom is 0.172 e. The van der Waals surface area contributed by atoms with Gasteiger partial charge >= 0.3 is 0 Å². The second-order valence-corrected chi connectivity index (χ2v) is 4.03. The number of hydrogen-bond donors (Lipinski definition) is 0. The first kappa shape index (κ1) is 9.41. The summed E-state index contributed by atoms with van der Waals surface area (Å²) in [6, 6.07) is 7.82. The number of fused-ring (bicyclic) bond motifs is 3. The molecule has 1 aromatic heterocycles. The van der Waals surface area contributed by atoms with Crippen LogP contribution in [-0.4, -0.2) is 9.97 Å². The van der Waals surface area contributed by atoms with E-state index in [0.717, 1.165) is 17.0 Å². The summed E-state index contributed by atoms with van der Waals surface area (Å²) in [5.74, 6) is 2.85. The fourth-order valence-corrected chi connectivity index (χ4v) is 2.01. The zero-order valence-electron chi connectivity index (χ0n) is 9.33. The van der Waals surface area contributed by atoms with Crippen molar-refractivity contribution in [1.29, 1.82) is 0 Å². The molecule has 86 valence electrons. The van der Waals surface area contributed by atoms with Crippen molar-refractivity contribution in [2.24, 2.45) is 0 Å². The van der Waals surface area contributed by atoms with E-state index < -0.39 is 0 Å². The van der Waals surface area contributed by atoms with E-state index in [0.29, 0.717) is 17.3 Å². The van der Waals surface area contributed by atoms with Crippen LogP contribution in [0, 0.1) is 0 Å². The monoisotopic (exact) mass is 236 g/mol. The molecule has 0 amide bonds. The van der Waals surface area contributed by atoms with Crippen molar-refractivity contribution in [1.82, 2.24) is 9.97 Å². The van der Waals surface area contributed by atoms with E-state index in [1.165, 1.54) is 6.33 Å². The molecule has 0 bridgehead atoms. The van der Waals surface area contributed by atoms with Crippen molar-refractivity contribution in [3.05, 3.63) is 59.6 Å². The summed E-state index contributed by atoms with van der Waals surface area (Å²) in [4.78, 5) is 8.09. The second-order valence-electron chi connectivity index (χ2n) is 4.03. The van der Waals surface area contributed by atoms with Gasteiger partial charge in [0.15, 0.2) is 17.3 Å². The molecule has 1 aromatic carbocycles. The van der Waals surface area contributed by atoms with Crippen molar-refractivity contribution in [2.75, 3.05) is 0 Å². The normalized spacial score (nSPS) is 15.1. The Labute approximate surface area is 103 Å². The standard InChI is InChI=1S/C14H8N2O2/c1-2-4-11-9(3-1)5-12-13(17-11)6-10-14(18-12)7-15-8-16-10/h1-8H. The minimum atomic E-state index is 0.649. The number of aromatic nitrogens is 2. The van der Waals surface area contributed by atoms with Gasteiger partial charge in [-0.05, 0) is 12.1 Å². The molecule has 2 aliphatic rings. The highest BCUT2D eigenvalue weighted by Crippen LogP contribution is 2.37. The molecule has 0 N–H and O–H groups in total. The second kappa shape index (κ2) is 3.43. The highest BCUT2D eigenvalue weighted by Gasteiger charge is 2.24. The van der Waals surface area contributed by atoms with E-state index in [1.807, 2.05) is 36.4 Å². The van der Waals surface area contributed by atoms with E-state index >= 15 is 0 Å². The van der Waals surface area contributed by atoms with Crippen LogP contribution in [0.15, 0.2) is 48.3 Å². The van der Waals surface area contributed by atoms with Crippen LogP contribution in [0.3, 0.4) is 0 Å². The molecule has 0 fully saturated rings. The van der Waals surface area contributed by atoms with Crippen LogP contribution in [-0.2, 0) is 0 Å². The first-order valence-electron chi connectivity index (χ1n) is 5.59. The topological polar surface area (TPSA) is 44.2 Å². The summed E-state index contributed by atoms with van der Waals surface area (Å²) in [6.45, 7) is 0. The molecular formula is C14H8N2O2. The maximum absolute atomic E-state index is 5.80. The Morgan fingerprint density at radius 1 is 0.889 bits per heavy atom. The number of rotatable bonds is 0. The summed E-state index contributed by atoms with van der Waals surface area (Å²) in [6.07, 6.45) is 6.96. The van der Waals surface area contributed by atoms with Crippen molar-refractivity contribution >= 4 is 12.2 Å². The SMILES string of the molecule is C1=C2Oc3ccccc3C=C2Oc2cncnc21. The number of para-hydroxylation sites is 1. The van der Waals surface area contributed by atoms with Crippen LogP contribution < -0.4 is 9.47 Å². The summed E-state index contributed by atoms with van der Waals surface area (Å²) < 4.78 is 11.5. The predicted octanol–water partition coefficient (Wildman–Crippen LogP) is 2.64. The molecule has 4 rings (SSSR count). The molecule has 2 aromatic rings. The number of nitrogens with zero attached hydrogens (tertiary/aromatic N) is 2.